The number of benzene rings is 1. The van der Waals surface area contributed by atoms with Crippen LogP contribution in [0.5, 0.6) is 0 Å². The number of carbonyl (C=O) groups is 1. The van der Waals surface area contributed by atoms with E-state index in [9.17, 15) is 9.59 Å². The van der Waals surface area contributed by atoms with E-state index in [0.717, 1.165) is 11.4 Å². The lowest BCUT2D eigenvalue weighted by atomic mass is 10.1. The summed E-state index contributed by atoms with van der Waals surface area (Å²) in [4.78, 5) is 26.9. The Morgan fingerprint density at radius 1 is 1.27 bits per heavy atom. The fourth-order valence-electron chi connectivity index (χ4n) is 2.75. The molecule has 0 fully saturated rings. The van der Waals surface area contributed by atoms with E-state index < -0.39 is 14.0 Å². The first-order valence-electron chi connectivity index (χ1n) is 8.48. The Kier molecular flexibility index (Phi) is 4.97. The zero-order valence-electron chi connectivity index (χ0n) is 15.5. The molecule has 2 aromatic heterocycles. The van der Waals surface area contributed by atoms with Crippen molar-refractivity contribution in [3.05, 3.63) is 40.3 Å². The molecule has 0 amide bonds. The number of pyridine rings is 1. The van der Waals surface area contributed by atoms with Crippen molar-refractivity contribution in [2.24, 2.45) is 0 Å². The van der Waals surface area contributed by atoms with Crippen molar-refractivity contribution in [3.8, 4) is 0 Å². The molecule has 0 aliphatic rings. The Balaban J connectivity index is 1.98. The summed E-state index contributed by atoms with van der Waals surface area (Å²) < 4.78 is 12.2. The minimum absolute atomic E-state index is 0.247. The number of esters is 1. The average molecular weight is 373 g/mol. The highest BCUT2D eigenvalue weighted by Gasteiger charge is 2.15. The molecule has 0 radical (unpaired) electrons. The highest BCUT2D eigenvalue weighted by molar-refractivity contribution is 6.76. The Morgan fingerprint density at radius 2 is 2.04 bits per heavy atom. The second-order valence-corrected chi connectivity index (χ2v) is 13.1. The molecule has 0 saturated heterocycles. The number of fused-ring (bicyclic) bond motifs is 3. The zero-order valence-corrected chi connectivity index (χ0v) is 16.5. The molecule has 0 aliphatic heterocycles. The highest BCUT2D eigenvalue weighted by Crippen LogP contribution is 2.22. The van der Waals surface area contributed by atoms with Crippen LogP contribution >= 0.6 is 0 Å². The second kappa shape index (κ2) is 7.04. The lowest BCUT2D eigenvalue weighted by molar-refractivity contribution is 0.0601. The van der Waals surface area contributed by atoms with Gasteiger partial charge in [0.25, 0.3) is 5.56 Å². The number of carbonyl (C=O) groups excluding carboxylic acids is 1. The summed E-state index contributed by atoms with van der Waals surface area (Å²) in [6, 6.07) is 6.15. The molecule has 3 aromatic rings. The van der Waals surface area contributed by atoms with Gasteiger partial charge in [0.2, 0.25) is 0 Å². The first-order valence-corrected chi connectivity index (χ1v) is 12.2. The number of rotatable bonds is 6. The number of hydrogen-bond acceptors (Lipinski definition) is 5. The SMILES string of the molecule is COC(=O)c1ccc2c(c1)[nH]c(=O)c1cnn(COCC[Si](C)(C)C)c12. The Hall–Kier alpha value is -2.45. The third-order valence-corrected chi connectivity index (χ3v) is 5.94. The third-order valence-electron chi connectivity index (χ3n) is 4.24. The van der Waals surface area contributed by atoms with Crippen LogP contribution in [-0.2, 0) is 16.2 Å². The van der Waals surface area contributed by atoms with Gasteiger partial charge in [-0.1, -0.05) is 19.6 Å². The number of nitrogens with one attached hydrogen (secondary N) is 1. The zero-order chi connectivity index (χ0) is 18.9. The second-order valence-electron chi connectivity index (χ2n) is 7.46. The molecular formula is C18H23N3O4Si. The van der Waals surface area contributed by atoms with Crippen molar-refractivity contribution >= 4 is 35.8 Å². The molecular weight excluding hydrogens is 350 g/mol. The van der Waals surface area contributed by atoms with Crippen LogP contribution < -0.4 is 5.56 Å². The number of aromatic nitrogens is 3. The van der Waals surface area contributed by atoms with Crippen LogP contribution in [0.1, 0.15) is 10.4 Å². The van der Waals surface area contributed by atoms with Crippen molar-refractivity contribution in [2.45, 2.75) is 32.4 Å². The molecule has 0 aliphatic carbocycles. The van der Waals surface area contributed by atoms with Crippen LogP contribution in [0.4, 0.5) is 0 Å². The predicted octanol–water partition coefficient (Wildman–Crippen LogP) is 2.98. The number of nitrogens with zero attached hydrogens (tertiary/aromatic N) is 2. The number of H-pyrrole nitrogens is 1. The summed E-state index contributed by atoms with van der Waals surface area (Å²) in [6.07, 6.45) is 1.55. The van der Waals surface area contributed by atoms with Gasteiger partial charge in [0.1, 0.15) is 6.73 Å². The Labute approximate surface area is 151 Å². The Morgan fingerprint density at radius 3 is 2.73 bits per heavy atom. The van der Waals surface area contributed by atoms with Gasteiger partial charge in [-0.05, 0) is 24.2 Å². The standard InChI is InChI=1S/C18H23N3O4Si/c1-24-18(23)12-5-6-13-15(9-12)20-17(22)14-10-19-21(16(13)14)11-25-7-8-26(2,3)4/h5-6,9-10H,7-8,11H2,1-4H3,(H,20,22). The molecule has 26 heavy (non-hydrogen) atoms. The van der Waals surface area contributed by atoms with Gasteiger partial charge < -0.3 is 14.5 Å². The molecule has 0 unspecified atom stereocenters. The Bertz CT molecular complexity index is 1020. The van der Waals surface area contributed by atoms with Gasteiger partial charge >= 0.3 is 5.97 Å². The quantitative estimate of drug-likeness (QED) is 0.408. The molecule has 3 rings (SSSR count). The van der Waals surface area contributed by atoms with Crippen molar-refractivity contribution in [3.63, 3.8) is 0 Å². The number of aromatic amines is 1. The summed E-state index contributed by atoms with van der Waals surface area (Å²) in [5.74, 6) is -0.448. The summed E-state index contributed by atoms with van der Waals surface area (Å²) in [5, 5.41) is 5.61. The average Bonchev–Trinajstić information content (AvgIpc) is 3.01. The van der Waals surface area contributed by atoms with E-state index in [4.69, 9.17) is 9.47 Å². The van der Waals surface area contributed by atoms with Crippen LogP contribution in [0.15, 0.2) is 29.2 Å². The molecule has 138 valence electrons. The van der Waals surface area contributed by atoms with Gasteiger partial charge in [-0.3, -0.25) is 4.79 Å². The van der Waals surface area contributed by atoms with Gasteiger partial charge in [-0.25, -0.2) is 9.48 Å². The van der Waals surface area contributed by atoms with Crippen molar-refractivity contribution < 1.29 is 14.3 Å². The molecule has 1 aromatic carbocycles. The topological polar surface area (TPSA) is 86.2 Å². The minimum atomic E-state index is -1.16. The maximum absolute atomic E-state index is 12.4. The number of methoxy groups -OCH3 is 1. The van der Waals surface area contributed by atoms with E-state index in [-0.39, 0.29) is 12.3 Å². The van der Waals surface area contributed by atoms with Crippen LogP contribution in [0, 0.1) is 0 Å². The third kappa shape index (κ3) is 3.71. The molecule has 7 nitrogen and oxygen atoms in total. The van der Waals surface area contributed by atoms with Crippen molar-refractivity contribution in [1.29, 1.82) is 0 Å². The summed E-state index contributed by atoms with van der Waals surface area (Å²) in [7, 11) is 0.165. The fourth-order valence-corrected chi connectivity index (χ4v) is 3.51. The summed E-state index contributed by atoms with van der Waals surface area (Å²) in [6.45, 7) is 7.85. The van der Waals surface area contributed by atoms with Crippen molar-refractivity contribution in [2.75, 3.05) is 13.7 Å². The first kappa shape index (κ1) is 18.3. The minimum Gasteiger partial charge on any atom is -0.465 e. The summed E-state index contributed by atoms with van der Waals surface area (Å²) >= 11 is 0. The first-order chi connectivity index (χ1) is 12.3. The van der Waals surface area contributed by atoms with Gasteiger partial charge in [-0.15, -0.1) is 0 Å². The maximum Gasteiger partial charge on any atom is 0.337 e. The lowest BCUT2D eigenvalue weighted by Gasteiger charge is -2.15. The van der Waals surface area contributed by atoms with Gasteiger partial charge in [0, 0.05) is 20.1 Å². The largest absolute Gasteiger partial charge is 0.465 e. The molecule has 8 heteroatoms. The smallest absolute Gasteiger partial charge is 0.337 e. The fraction of sp³-hybridized carbons (Fsp3) is 0.389. The molecule has 0 atom stereocenters. The maximum atomic E-state index is 12.4. The van der Waals surface area contributed by atoms with E-state index in [0.29, 0.717) is 28.6 Å². The summed E-state index contributed by atoms with van der Waals surface area (Å²) in [5.41, 5.74) is 1.40. The van der Waals surface area contributed by atoms with Crippen LogP contribution in [-0.4, -0.2) is 42.5 Å². The lowest BCUT2D eigenvalue weighted by Crippen LogP contribution is -2.22. The van der Waals surface area contributed by atoms with Gasteiger partial charge in [-0.2, -0.15) is 5.10 Å². The monoisotopic (exact) mass is 373 g/mol. The number of ether oxygens (including phenoxy) is 2. The van der Waals surface area contributed by atoms with E-state index in [1.54, 1.807) is 29.1 Å². The van der Waals surface area contributed by atoms with E-state index >= 15 is 0 Å². The molecule has 0 bridgehead atoms. The normalized spacial score (nSPS) is 12.0. The predicted molar refractivity (Wildman–Crippen MR) is 103 cm³/mol. The molecule has 2 heterocycles. The van der Waals surface area contributed by atoms with Gasteiger partial charge in [0.15, 0.2) is 0 Å². The van der Waals surface area contributed by atoms with E-state index in [2.05, 4.69) is 29.7 Å². The molecule has 1 N–H and O–H groups in total. The molecule has 0 spiro atoms. The van der Waals surface area contributed by atoms with Crippen LogP contribution in [0.25, 0.3) is 21.8 Å². The van der Waals surface area contributed by atoms with Crippen LogP contribution in [0.2, 0.25) is 25.7 Å². The van der Waals surface area contributed by atoms with Crippen LogP contribution in [0.3, 0.4) is 0 Å². The van der Waals surface area contributed by atoms with Gasteiger partial charge in [0.05, 0.1) is 35.3 Å². The van der Waals surface area contributed by atoms with Crippen molar-refractivity contribution in [1.82, 2.24) is 14.8 Å². The number of hydrogen-bond donors (Lipinski definition) is 1. The molecule has 0 saturated carbocycles. The van der Waals surface area contributed by atoms with E-state index in [1.165, 1.54) is 7.11 Å². The highest BCUT2D eigenvalue weighted by atomic mass is 28.3. The van der Waals surface area contributed by atoms with E-state index in [1.807, 2.05) is 0 Å².